The van der Waals surface area contributed by atoms with Gasteiger partial charge in [0.25, 0.3) is 5.91 Å². The first-order chi connectivity index (χ1) is 15.8. The average Bonchev–Trinajstić information content (AvgIpc) is 3.26. The summed E-state index contributed by atoms with van der Waals surface area (Å²) in [4.78, 5) is 22.4. The third-order valence-electron chi connectivity index (χ3n) is 5.47. The van der Waals surface area contributed by atoms with Gasteiger partial charge in [-0.1, -0.05) is 0 Å². The smallest absolute Gasteiger partial charge is 0.294 e. The maximum Gasteiger partial charge on any atom is 0.294 e. The molecule has 2 aromatic heterocycles. The van der Waals surface area contributed by atoms with E-state index in [1.165, 1.54) is 34.2 Å². The fraction of sp³-hybridized carbons (Fsp3) is 0.227. The van der Waals surface area contributed by atoms with Gasteiger partial charge in [0.1, 0.15) is 23.6 Å². The van der Waals surface area contributed by atoms with Crippen LogP contribution < -0.4 is 5.32 Å². The second-order valence-electron chi connectivity index (χ2n) is 7.46. The number of nitrogens with one attached hydrogen (secondary N) is 2. The highest BCUT2D eigenvalue weighted by molar-refractivity contribution is 6.10. The number of carbonyl (C=O) groups is 1. The normalized spacial score (nSPS) is 17.8. The lowest BCUT2D eigenvalue weighted by molar-refractivity contribution is 0.0716. The molecule has 3 N–H and O–H groups in total. The van der Waals surface area contributed by atoms with Gasteiger partial charge in [-0.3, -0.25) is 4.79 Å². The van der Waals surface area contributed by atoms with Crippen LogP contribution in [0.15, 0.2) is 48.4 Å². The molecule has 3 aromatic rings. The average molecular weight is 453 g/mol. The zero-order valence-electron chi connectivity index (χ0n) is 17.9. The van der Waals surface area contributed by atoms with E-state index in [-0.39, 0.29) is 29.6 Å². The molecule has 1 atom stereocenters. The van der Waals surface area contributed by atoms with Crippen molar-refractivity contribution in [2.75, 3.05) is 13.6 Å². The van der Waals surface area contributed by atoms with E-state index in [1.54, 1.807) is 26.1 Å². The highest BCUT2D eigenvalue weighted by Crippen LogP contribution is 2.28. The summed E-state index contributed by atoms with van der Waals surface area (Å²) >= 11 is 0. The number of aromatic hydroxyl groups is 1. The van der Waals surface area contributed by atoms with Gasteiger partial charge in [0, 0.05) is 42.7 Å². The molecule has 33 heavy (non-hydrogen) atoms. The molecule has 9 nitrogen and oxygen atoms in total. The molecular weight excluding hydrogens is 432 g/mol. The summed E-state index contributed by atoms with van der Waals surface area (Å²) in [7, 11) is 1.62. The van der Waals surface area contributed by atoms with E-state index < -0.39 is 23.6 Å². The minimum absolute atomic E-state index is 0.0913. The maximum atomic E-state index is 13.7. The molecule has 0 saturated carbocycles. The molecule has 0 spiro atoms. The summed E-state index contributed by atoms with van der Waals surface area (Å²) in [6, 6.07) is 5.75. The number of halogens is 2. The minimum Gasteiger partial charge on any atom is -0.492 e. The van der Waals surface area contributed by atoms with Gasteiger partial charge in [0.05, 0.1) is 11.8 Å². The summed E-state index contributed by atoms with van der Waals surface area (Å²) in [5, 5.41) is 25.6. The molecule has 1 fully saturated rings. The molecule has 0 radical (unpaired) electrons. The molecule has 3 heterocycles. The van der Waals surface area contributed by atoms with Crippen molar-refractivity contribution in [2.24, 2.45) is 0 Å². The van der Waals surface area contributed by atoms with Crippen LogP contribution in [0, 0.1) is 17.0 Å². The number of benzene rings is 1. The van der Waals surface area contributed by atoms with Gasteiger partial charge in [-0.15, -0.1) is 5.10 Å². The monoisotopic (exact) mass is 453 g/mol. The van der Waals surface area contributed by atoms with E-state index in [2.05, 4.69) is 20.4 Å². The highest BCUT2D eigenvalue weighted by atomic mass is 19.1. The van der Waals surface area contributed by atoms with Crippen LogP contribution in [0.4, 0.5) is 8.78 Å². The first kappa shape index (κ1) is 22.1. The van der Waals surface area contributed by atoms with Crippen molar-refractivity contribution in [3.63, 3.8) is 0 Å². The van der Waals surface area contributed by atoms with Crippen molar-refractivity contribution in [3.05, 3.63) is 71.5 Å². The second-order valence-corrected chi connectivity index (χ2v) is 7.46. The number of nitrogens with zero attached hydrogens (tertiary/aromatic N) is 5. The molecule has 1 aliphatic heterocycles. The lowest BCUT2D eigenvalue weighted by Gasteiger charge is -2.35. The molecule has 1 saturated heterocycles. The minimum atomic E-state index is -0.716. The van der Waals surface area contributed by atoms with E-state index in [0.29, 0.717) is 23.3 Å². The number of amides is 1. The molecule has 4 rings (SSSR count). The van der Waals surface area contributed by atoms with Crippen LogP contribution in [-0.4, -0.2) is 61.0 Å². The molecule has 0 bridgehead atoms. The zero-order chi connectivity index (χ0) is 23.7. The van der Waals surface area contributed by atoms with Crippen LogP contribution in [0.25, 0.3) is 11.4 Å². The quantitative estimate of drug-likeness (QED) is 0.559. The van der Waals surface area contributed by atoms with E-state index in [1.807, 2.05) is 0 Å². The Morgan fingerprint density at radius 3 is 2.64 bits per heavy atom. The summed E-state index contributed by atoms with van der Waals surface area (Å²) in [5.74, 6) is -2.25. The van der Waals surface area contributed by atoms with Gasteiger partial charge in [-0.25, -0.2) is 23.4 Å². The van der Waals surface area contributed by atoms with E-state index in [9.17, 15) is 18.7 Å². The van der Waals surface area contributed by atoms with Crippen LogP contribution in [0.3, 0.4) is 0 Å². The molecule has 0 aliphatic carbocycles. The van der Waals surface area contributed by atoms with Crippen molar-refractivity contribution in [1.82, 2.24) is 30.0 Å². The molecule has 1 amide bonds. The molecule has 170 valence electrons. The Kier molecular flexibility index (Phi) is 5.86. The van der Waals surface area contributed by atoms with Crippen LogP contribution in [-0.2, 0) is 0 Å². The standard InChI is InChI=1S/C22H21F2N7O2/c1-12-18(25)16(19(26-2)13-8-14(23)10-15(24)9-13)5-7-30(12)22(33)20-28-11-31(29-20)17-4-3-6-27-21(17)32/h3-4,6,8-12,25-26H,5,7H2,1-2H3,(H,27,32)/b19-16-,25-18?/t12-/m0/s1. The number of carbonyl (C=O) groups excluding carboxylic acids is 1. The van der Waals surface area contributed by atoms with Crippen LogP contribution in [0.2, 0.25) is 0 Å². The van der Waals surface area contributed by atoms with Crippen molar-refractivity contribution >= 4 is 17.3 Å². The summed E-state index contributed by atoms with van der Waals surface area (Å²) in [6.45, 7) is 1.95. The first-order valence-corrected chi connectivity index (χ1v) is 10.1. The van der Waals surface area contributed by atoms with Crippen molar-refractivity contribution < 1.29 is 18.7 Å². The summed E-state index contributed by atoms with van der Waals surface area (Å²) < 4.78 is 28.7. The van der Waals surface area contributed by atoms with Crippen LogP contribution in [0.1, 0.15) is 29.5 Å². The predicted octanol–water partition coefficient (Wildman–Crippen LogP) is 2.53. The largest absolute Gasteiger partial charge is 0.492 e. The Bertz CT molecular complexity index is 1250. The van der Waals surface area contributed by atoms with Crippen molar-refractivity contribution in [1.29, 1.82) is 5.41 Å². The van der Waals surface area contributed by atoms with Gasteiger partial charge >= 0.3 is 0 Å². The molecule has 11 heteroatoms. The summed E-state index contributed by atoms with van der Waals surface area (Å²) in [6.07, 6.45) is 3.02. The van der Waals surface area contributed by atoms with Crippen LogP contribution >= 0.6 is 0 Å². The Morgan fingerprint density at radius 1 is 1.24 bits per heavy atom. The van der Waals surface area contributed by atoms with Gasteiger partial charge in [-0.05, 0) is 37.6 Å². The van der Waals surface area contributed by atoms with Crippen LogP contribution in [0.5, 0.6) is 5.88 Å². The van der Waals surface area contributed by atoms with Crippen molar-refractivity contribution in [2.45, 2.75) is 19.4 Å². The Morgan fingerprint density at radius 2 is 1.97 bits per heavy atom. The topological polar surface area (TPSA) is 120 Å². The lowest BCUT2D eigenvalue weighted by atomic mass is 9.91. The number of hydrogen-bond donors (Lipinski definition) is 3. The van der Waals surface area contributed by atoms with Gasteiger partial charge in [-0.2, -0.15) is 0 Å². The Balaban J connectivity index is 1.60. The van der Waals surface area contributed by atoms with Gasteiger partial charge < -0.3 is 20.7 Å². The molecule has 1 aliphatic rings. The third kappa shape index (κ3) is 4.16. The Labute approximate surface area is 187 Å². The van der Waals surface area contributed by atoms with Gasteiger partial charge in [0.15, 0.2) is 0 Å². The molecule has 0 unspecified atom stereocenters. The van der Waals surface area contributed by atoms with E-state index in [4.69, 9.17) is 5.41 Å². The first-order valence-electron chi connectivity index (χ1n) is 10.1. The second kappa shape index (κ2) is 8.77. The van der Waals surface area contributed by atoms with E-state index >= 15 is 0 Å². The van der Waals surface area contributed by atoms with E-state index in [0.717, 1.165) is 6.07 Å². The number of likely N-dealkylation sites (tertiary alicyclic amines) is 1. The Hall–Kier alpha value is -4.15. The summed E-state index contributed by atoms with van der Waals surface area (Å²) in [5.41, 5.74) is 1.71. The number of hydrogen-bond acceptors (Lipinski definition) is 7. The number of pyridine rings is 1. The fourth-order valence-corrected chi connectivity index (χ4v) is 3.85. The third-order valence-corrected chi connectivity index (χ3v) is 5.47. The number of aromatic nitrogens is 4. The maximum absolute atomic E-state index is 13.7. The molecular formula is C22H21F2N7O2. The number of piperidine rings is 1. The SMILES string of the molecule is CN/C(=C1/CCN(C(=O)c2ncn(-c3cccnc3O)n2)[C@@H](C)C1=N)c1cc(F)cc(F)c1. The lowest BCUT2D eigenvalue weighted by Crippen LogP contribution is -2.48. The molecule has 1 aromatic carbocycles. The van der Waals surface area contributed by atoms with Crippen molar-refractivity contribution in [3.8, 4) is 11.6 Å². The van der Waals surface area contributed by atoms with Gasteiger partial charge in [0.2, 0.25) is 11.7 Å². The number of rotatable bonds is 4. The highest BCUT2D eigenvalue weighted by Gasteiger charge is 2.34. The zero-order valence-corrected chi connectivity index (χ0v) is 17.9. The predicted molar refractivity (Wildman–Crippen MR) is 116 cm³/mol. The fourth-order valence-electron chi connectivity index (χ4n) is 3.85.